The quantitative estimate of drug-likeness (QED) is 0.863. The Morgan fingerprint density at radius 2 is 2.20 bits per heavy atom. The van der Waals surface area contributed by atoms with Crippen LogP contribution >= 0.6 is 0 Å². The van der Waals surface area contributed by atoms with Crippen molar-refractivity contribution in [1.29, 1.82) is 0 Å². The van der Waals surface area contributed by atoms with Crippen LogP contribution in [0.1, 0.15) is 50.2 Å². The highest BCUT2D eigenvalue weighted by molar-refractivity contribution is 5.17. The molecule has 0 aliphatic heterocycles. The van der Waals surface area contributed by atoms with Crippen LogP contribution in [0.4, 0.5) is 0 Å². The van der Waals surface area contributed by atoms with E-state index in [0.29, 0.717) is 18.3 Å². The molecule has 0 amide bonds. The number of aromatic nitrogens is 4. The van der Waals surface area contributed by atoms with Crippen LogP contribution in [0.3, 0.4) is 0 Å². The van der Waals surface area contributed by atoms with Gasteiger partial charge in [0.2, 0.25) is 11.7 Å². The predicted octanol–water partition coefficient (Wildman–Crippen LogP) is 1.58. The number of aryl methyl sites for hydroxylation is 1. The van der Waals surface area contributed by atoms with E-state index in [4.69, 9.17) is 15.0 Å². The monoisotopic (exact) mass is 279 g/mol. The number of nitrogens with two attached hydrogens (primary N) is 1. The van der Waals surface area contributed by atoms with Crippen LogP contribution in [0.25, 0.3) is 0 Å². The first kappa shape index (κ1) is 14.7. The fourth-order valence-corrected chi connectivity index (χ4v) is 1.98. The first-order chi connectivity index (χ1) is 9.52. The van der Waals surface area contributed by atoms with E-state index < -0.39 is 6.04 Å². The van der Waals surface area contributed by atoms with Crippen molar-refractivity contribution in [2.45, 2.75) is 32.9 Å². The van der Waals surface area contributed by atoms with Crippen molar-refractivity contribution in [3.63, 3.8) is 0 Å². The van der Waals surface area contributed by atoms with Crippen molar-refractivity contribution in [1.82, 2.24) is 19.9 Å². The first-order valence-corrected chi connectivity index (χ1v) is 6.72. The zero-order valence-corrected chi connectivity index (χ0v) is 12.3. The van der Waals surface area contributed by atoms with E-state index >= 15 is 0 Å². The molecule has 7 nitrogen and oxygen atoms in total. The van der Waals surface area contributed by atoms with Gasteiger partial charge in [0.1, 0.15) is 12.1 Å². The Labute approximate surface area is 118 Å². The molecule has 2 heterocycles. The van der Waals surface area contributed by atoms with E-state index in [9.17, 15) is 0 Å². The highest BCUT2D eigenvalue weighted by Crippen LogP contribution is 2.25. The molecule has 0 saturated carbocycles. The Morgan fingerprint density at radius 3 is 2.75 bits per heavy atom. The molecule has 0 saturated heterocycles. The van der Waals surface area contributed by atoms with Gasteiger partial charge in [-0.3, -0.25) is 4.68 Å². The van der Waals surface area contributed by atoms with Crippen molar-refractivity contribution >= 4 is 0 Å². The van der Waals surface area contributed by atoms with Gasteiger partial charge in [-0.2, -0.15) is 10.1 Å². The number of nitrogens with zero attached hydrogens (tertiary/aromatic N) is 4. The molecule has 0 radical (unpaired) electrons. The molecule has 110 valence electrons. The Kier molecular flexibility index (Phi) is 4.51. The van der Waals surface area contributed by atoms with E-state index in [0.717, 1.165) is 5.56 Å². The molecule has 2 aromatic heterocycles. The second-order valence-electron chi connectivity index (χ2n) is 5.04. The number of hydrogen-bond acceptors (Lipinski definition) is 6. The van der Waals surface area contributed by atoms with Crippen LogP contribution in [0.2, 0.25) is 0 Å². The van der Waals surface area contributed by atoms with Crippen molar-refractivity contribution < 1.29 is 9.26 Å². The minimum Gasteiger partial charge on any atom is -0.370 e. The maximum absolute atomic E-state index is 6.10. The molecular formula is C13H21N5O2. The van der Waals surface area contributed by atoms with Gasteiger partial charge < -0.3 is 15.0 Å². The van der Waals surface area contributed by atoms with Gasteiger partial charge in [0.15, 0.2) is 0 Å². The summed E-state index contributed by atoms with van der Waals surface area (Å²) in [5, 5.41) is 8.08. The van der Waals surface area contributed by atoms with Gasteiger partial charge in [-0.25, -0.2) is 0 Å². The molecular weight excluding hydrogens is 258 g/mol. The summed E-state index contributed by atoms with van der Waals surface area (Å²) in [5.41, 5.74) is 6.94. The average molecular weight is 279 g/mol. The highest BCUT2D eigenvalue weighted by Gasteiger charge is 2.25. The third-order valence-electron chi connectivity index (χ3n) is 3.01. The predicted molar refractivity (Wildman–Crippen MR) is 72.7 cm³/mol. The fraction of sp³-hybridized carbons (Fsp3) is 0.615. The van der Waals surface area contributed by atoms with Gasteiger partial charge in [-0.15, -0.1) is 0 Å². The van der Waals surface area contributed by atoms with Crippen molar-refractivity contribution in [2.24, 2.45) is 18.7 Å². The second kappa shape index (κ2) is 6.15. The number of hydrogen-bond donors (Lipinski definition) is 1. The van der Waals surface area contributed by atoms with Gasteiger partial charge >= 0.3 is 0 Å². The molecule has 0 aliphatic carbocycles. The smallest absolute Gasteiger partial charge is 0.248 e. The zero-order valence-electron chi connectivity index (χ0n) is 12.3. The van der Waals surface area contributed by atoms with E-state index in [1.54, 1.807) is 10.9 Å². The first-order valence-electron chi connectivity index (χ1n) is 6.72. The second-order valence-corrected chi connectivity index (χ2v) is 5.04. The average Bonchev–Trinajstić information content (AvgIpc) is 3.03. The Hall–Kier alpha value is -1.73. The minimum atomic E-state index is -0.473. The van der Waals surface area contributed by atoms with Gasteiger partial charge in [-0.05, 0) is 12.8 Å². The summed E-state index contributed by atoms with van der Waals surface area (Å²) in [6.07, 6.45) is 3.34. The molecule has 0 bridgehead atoms. The van der Waals surface area contributed by atoms with Gasteiger partial charge in [-0.1, -0.05) is 19.0 Å². The largest absolute Gasteiger partial charge is 0.370 e. The van der Waals surface area contributed by atoms with E-state index in [2.05, 4.69) is 29.1 Å². The molecule has 20 heavy (non-hydrogen) atoms. The summed E-state index contributed by atoms with van der Waals surface area (Å²) in [7, 11) is 1.83. The Bertz CT molecular complexity index is 548. The molecule has 0 spiro atoms. The molecule has 2 aromatic rings. The summed E-state index contributed by atoms with van der Waals surface area (Å²) >= 11 is 0. The maximum Gasteiger partial charge on any atom is 0.248 e. The lowest BCUT2D eigenvalue weighted by molar-refractivity contribution is 0.0217. The van der Waals surface area contributed by atoms with Crippen molar-refractivity contribution in [3.05, 3.63) is 29.7 Å². The van der Waals surface area contributed by atoms with Crippen LogP contribution in [0, 0.1) is 5.92 Å². The topological polar surface area (TPSA) is 92.0 Å². The standard InChI is InChI=1S/C13H21N5O2/c1-5-19-11(8(2)3)12-16-13(20-17-12)10(14)9-6-15-18(4)7-9/h6-8,10-11H,5,14H2,1-4H3. The number of ether oxygens (including phenoxy) is 1. The summed E-state index contributed by atoms with van der Waals surface area (Å²) in [5.74, 6) is 1.17. The summed E-state index contributed by atoms with van der Waals surface area (Å²) in [6.45, 7) is 6.65. The van der Waals surface area contributed by atoms with Crippen LogP contribution < -0.4 is 5.73 Å². The molecule has 2 unspecified atom stereocenters. The van der Waals surface area contributed by atoms with Gasteiger partial charge in [0.05, 0.1) is 6.20 Å². The van der Waals surface area contributed by atoms with E-state index in [1.807, 2.05) is 20.2 Å². The van der Waals surface area contributed by atoms with E-state index in [-0.39, 0.29) is 12.0 Å². The lowest BCUT2D eigenvalue weighted by Gasteiger charge is -2.16. The molecule has 2 N–H and O–H groups in total. The Balaban J connectivity index is 2.19. The minimum absolute atomic E-state index is 0.182. The van der Waals surface area contributed by atoms with Crippen LogP contribution in [-0.2, 0) is 11.8 Å². The summed E-state index contributed by atoms with van der Waals surface area (Å²) < 4.78 is 12.6. The third kappa shape index (κ3) is 3.05. The van der Waals surface area contributed by atoms with Gasteiger partial charge in [0, 0.05) is 25.4 Å². The van der Waals surface area contributed by atoms with Gasteiger partial charge in [0.25, 0.3) is 0 Å². The maximum atomic E-state index is 6.10. The van der Waals surface area contributed by atoms with Crippen LogP contribution in [0.5, 0.6) is 0 Å². The molecule has 0 aliphatic rings. The fourth-order valence-electron chi connectivity index (χ4n) is 1.98. The lowest BCUT2D eigenvalue weighted by Crippen LogP contribution is -2.14. The SMILES string of the molecule is CCOC(c1noc(C(N)c2cnn(C)c2)n1)C(C)C. The van der Waals surface area contributed by atoms with Crippen LogP contribution in [-0.4, -0.2) is 26.5 Å². The third-order valence-corrected chi connectivity index (χ3v) is 3.01. The summed E-state index contributed by atoms with van der Waals surface area (Å²) in [4.78, 5) is 4.37. The van der Waals surface area contributed by atoms with Crippen LogP contribution in [0.15, 0.2) is 16.9 Å². The van der Waals surface area contributed by atoms with Crippen molar-refractivity contribution in [3.8, 4) is 0 Å². The molecule has 2 atom stereocenters. The van der Waals surface area contributed by atoms with Crippen molar-refractivity contribution in [2.75, 3.05) is 6.61 Å². The highest BCUT2D eigenvalue weighted by atomic mass is 16.5. The molecule has 0 fully saturated rings. The van der Waals surface area contributed by atoms with E-state index in [1.165, 1.54) is 0 Å². The normalized spacial score (nSPS) is 14.7. The molecule has 0 aromatic carbocycles. The Morgan fingerprint density at radius 1 is 1.45 bits per heavy atom. The number of rotatable bonds is 6. The molecule has 2 rings (SSSR count). The zero-order chi connectivity index (χ0) is 14.7. The summed E-state index contributed by atoms with van der Waals surface area (Å²) in [6, 6.07) is -0.473. The lowest BCUT2D eigenvalue weighted by atomic mass is 10.1. The molecule has 7 heteroatoms.